The molecule has 0 amide bonds. The van der Waals surface area contributed by atoms with Gasteiger partial charge in [-0.3, -0.25) is 9.69 Å². The summed E-state index contributed by atoms with van der Waals surface area (Å²) in [6, 6.07) is 5.50. The molecule has 4 nitrogen and oxygen atoms in total. The first-order chi connectivity index (χ1) is 6.52. The highest BCUT2D eigenvalue weighted by atomic mass is 16.4. The summed E-state index contributed by atoms with van der Waals surface area (Å²) in [7, 11) is 3.40. The Hall–Kier alpha value is -1.55. The Balaban J connectivity index is 3.00. The number of carboxylic acid groups (broad SMARTS) is 1. The van der Waals surface area contributed by atoms with Crippen molar-refractivity contribution >= 4 is 5.97 Å². The van der Waals surface area contributed by atoms with Crippen LogP contribution in [0.1, 0.15) is 11.6 Å². The van der Waals surface area contributed by atoms with E-state index in [0.29, 0.717) is 5.56 Å². The SMILES string of the molecule is CN(C)[C@@H](C(=O)O)c1ccc(O)cc1. The number of rotatable bonds is 3. The molecule has 4 heteroatoms. The lowest BCUT2D eigenvalue weighted by atomic mass is 10.1. The molecule has 0 fully saturated rings. The van der Waals surface area contributed by atoms with Gasteiger partial charge in [-0.2, -0.15) is 0 Å². The third-order valence-electron chi connectivity index (χ3n) is 1.96. The normalized spacial score (nSPS) is 12.8. The van der Waals surface area contributed by atoms with Gasteiger partial charge >= 0.3 is 5.97 Å². The van der Waals surface area contributed by atoms with Crippen LogP contribution in [0, 0.1) is 0 Å². The molecule has 0 spiro atoms. The van der Waals surface area contributed by atoms with Gasteiger partial charge in [0.1, 0.15) is 11.8 Å². The third-order valence-corrected chi connectivity index (χ3v) is 1.96. The molecule has 0 heterocycles. The van der Waals surface area contributed by atoms with E-state index in [9.17, 15) is 4.79 Å². The van der Waals surface area contributed by atoms with E-state index in [2.05, 4.69) is 0 Å². The Morgan fingerprint density at radius 1 is 1.29 bits per heavy atom. The molecule has 0 aliphatic heterocycles. The Labute approximate surface area is 82.4 Å². The fraction of sp³-hybridized carbons (Fsp3) is 0.300. The molecular weight excluding hydrogens is 182 g/mol. The molecule has 0 saturated carbocycles. The van der Waals surface area contributed by atoms with Crippen LogP contribution in [0.4, 0.5) is 0 Å². The number of carbonyl (C=O) groups is 1. The molecule has 0 bridgehead atoms. The molecule has 76 valence electrons. The van der Waals surface area contributed by atoms with Crippen LogP contribution in [0.5, 0.6) is 5.75 Å². The Morgan fingerprint density at radius 2 is 1.79 bits per heavy atom. The van der Waals surface area contributed by atoms with Gasteiger partial charge in [-0.05, 0) is 31.8 Å². The molecule has 0 unspecified atom stereocenters. The smallest absolute Gasteiger partial charge is 0.325 e. The third kappa shape index (κ3) is 2.23. The molecule has 1 rings (SSSR count). The van der Waals surface area contributed by atoms with E-state index in [4.69, 9.17) is 10.2 Å². The highest BCUT2D eigenvalue weighted by molar-refractivity contribution is 5.75. The van der Waals surface area contributed by atoms with Crippen molar-refractivity contribution in [2.24, 2.45) is 0 Å². The van der Waals surface area contributed by atoms with Crippen LogP contribution in [0.25, 0.3) is 0 Å². The van der Waals surface area contributed by atoms with Crippen LogP contribution in [0.15, 0.2) is 24.3 Å². The number of nitrogens with zero attached hydrogens (tertiary/aromatic N) is 1. The summed E-state index contributed by atoms with van der Waals surface area (Å²) in [6.45, 7) is 0. The summed E-state index contributed by atoms with van der Waals surface area (Å²) in [6.07, 6.45) is 0. The fourth-order valence-electron chi connectivity index (χ4n) is 1.32. The molecule has 0 aromatic heterocycles. The zero-order valence-electron chi connectivity index (χ0n) is 8.14. The van der Waals surface area contributed by atoms with Crippen molar-refractivity contribution in [1.82, 2.24) is 4.90 Å². The minimum Gasteiger partial charge on any atom is -0.508 e. The first-order valence-corrected chi connectivity index (χ1v) is 4.20. The van der Waals surface area contributed by atoms with Crippen molar-refractivity contribution < 1.29 is 15.0 Å². The Kier molecular flexibility index (Phi) is 3.09. The highest BCUT2D eigenvalue weighted by Crippen LogP contribution is 2.20. The van der Waals surface area contributed by atoms with Crippen LogP contribution >= 0.6 is 0 Å². The van der Waals surface area contributed by atoms with Gasteiger partial charge in [-0.25, -0.2) is 0 Å². The van der Waals surface area contributed by atoms with E-state index < -0.39 is 12.0 Å². The van der Waals surface area contributed by atoms with E-state index in [1.807, 2.05) is 0 Å². The minimum atomic E-state index is -0.902. The van der Waals surface area contributed by atoms with Crippen molar-refractivity contribution in [1.29, 1.82) is 0 Å². The summed E-state index contributed by atoms with van der Waals surface area (Å²) in [5, 5.41) is 18.0. The molecule has 1 atom stereocenters. The van der Waals surface area contributed by atoms with Gasteiger partial charge in [0.25, 0.3) is 0 Å². The van der Waals surface area contributed by atoms with E-state index in [0.717, 1.165) is 0 Å². The summed E-state index contributed by atoms with van der Waals surface area (Å²) in [5.74, 6) is -0.766. The number of phenols is 1. The summed E-state index contributed by atoms with van der Waals surface area (Å²) in [5.41, 5.74) is 0.653. The number of aromatic hydroxyl groups is 1. The van der Waals surface area contributed by atoms with E-state index in [-0.39, 0.29) is 5.75 Å². The second-order valence-corrected chi connectivity index (χ2v) is 3.30. The molecule has 0 saturated heterocycles. The zero-order chi connectivity index (χ0) is 10.7. The maximum Gasteiger partial charge on any atom is 0.325 e. The summed E-state index contributed by atoms with van der Waals surface area (Å²) >= 11 is 0. The summed E-state index contributed by atoms with van der Waals surface area (Å²) < 4.78 is 0. The van der Waals surface area contributed by atoms with Crippen molar-refractivity contribution in [2.75, 3.05) is 14.1 Å². The van der Waals surface area contributed by atoms with Crippen molar-refractivity contribution in [3.8, 4) is 5.75 Å². The van der Waals surface area contributed by atoms with Crippen molar-refractivity contribution in [2.45, 2.75) is 6.04 Å². The number of carboxylic acids is 1. The Bertz CT molecular complexity index is 319. The number of phenolic OH excluding ortho intramolecular Hbond substituents is 1. The number of aliphatic carboxylic acids is 1. The first kappa shape index (κ1) is 10.5. The molecule has 0 aliphatic rings. The molecule has 0 aliphatic carbocycles. The van der Waals surface area contributed by atoms with Crippen molar-refractivity contribution in [3.63, 3.8) is 0 Å². The quantitative estimate of drug-likeness (QED) is 0.757. The van der Waals surface area contributed by atoms with Gasteiger partial charge in [0.05, 0.1) is 0 Å². The zero-order valence-corrected chi connectivity index (χ0v) is 8.14. The summed E-state index contributed by atoms with van der Waals surface area (Å²) in [4.78, 5) is 12.5. The maximum absolute atomic E-state index is 10.9. The first-order valence-electron chi connectivity index (χ1n) is 4.20. The maximum atomic E-state index is 10.9. The van der Waals surface area contributed by atoms with Crippen LogP contribution < -0.4 is 0 Å². The predicted molar refractivity (Wildman–Crippen MR) is 52.2 cm³/mol. The molecule has 2 N–H and O–H groups in total. The van der Waals surface area contributed by atoms with Gasteiger partial charge in [0.2, 0.25) is 0 Å². The van der Waals surface area contributed by atoms with Gasteiger partial charge in [0, 0.05) is 0 Å². The number of hydrogen-bond acceptors (Lipinski definition) is 3. The minimum absolute atomic E-state index is 0.136. The standard InChI is InChI=1S/C10H13NO3/c1-11(2)9(10(13)14)7-3-5-8(12)6-4-7/h3-6,9,12H,1-2H3,(H,13,14)/t9-/m1/s1. The Morgan fingerprint density at radius 3 is 2.14 bits per heavy atom. The molecular formula is C10H13NO3. The topological polar surface area (TPSA) is 60.8 Å². The van der Waals surface area contributed by atoms with Gasteiger partial charge < -0.3 is 10.2 Å². The van der Waals surface area contributed by atoms with Crippen LogP contribution in [0.3, 0.4) is 0 Å². The predicted octanol–water partition coefficient (Wildman–Crippen LogP) is 1.08. The fourth-order valence-corrected chi connectivity index (χ4v) is 1.32. The lowest BCUT2D eigenvalue weighted by Gasteiger charge is -2.20. The lowest BCUT2D eigenvalue weighted by molar-refractivity contribution is -0.142. The average molecular weight is 195 g/mol. The average Bonchev–Trinajstić information content (AvgIpc) is 2.07. The van der Waals surface area contributed by atoms with Crippen LogP contribution in [-0.4, -0.2) is 35.2 Å². The molecule has 14 heavy (non-hydrogen) atoms. The lowest BCUT2D eigenvalue weighted by Crippen LogP contribution is -2.27. The van der Waals surface area contributed by atoms with E-state index in [1.54, 1.807) is 31.1 Å². The number of likely N-dealkylation sites (N-methyl/N-ethyl adjacent to an activating group) is 1. The van der Waals surface area contributed by atoms with Crippen LogP contribution in [0.2, 0.25) is 0 Å². The number of hydrogen-bond donors (Lipinski definition) is 2. The van der Waals surface area contributed by atoms with Gasteiger partial charge in [-0.15, -0.1) is 0 Å². The van der Waals surface area contributed by atoms with Crippen molar-refractivity contribution in [3.05, 3.63) is 29.8 Å². The molecule has 1 aromatic carbocycles. The molecule has 1 aromatic rings. The van der Waals surface area contributed by atoms with Gasteiger partial charge in [0.15, 0.2) is 0 Å². The molecule has 0 radical (unpaired) electrons. The largest absolute Gasteiger partial charge is 0.508 e. The van der Waals surface area contributed by atoms with E-state index in [1.165, 1.54) is 12.1 Å². The second-order valence-electron chi connectivity index (χ2n) is 3.30. The monoisotopic (exact) mass is 195 g/mol. The van der Waals surface area contributed by atoms with Crippen LogP contribution in [-0.2, 0) is 4.79 Å². The second kappa shape index (κ2) is 4.11. The van der Waals surface area contributed by atoms with Gasteiger partial charge in [-0.1, -0.05) is 12.1 Å². The highest BCUT2D eigenvalue weighted by Gasteiger charge is 2.21. The van der Waals surface area contributed by atoms with E-state index >= 15 is 0 Å². The number of benzene rings is 1.